The molecule has 0 amide bonds. The second-order valence-corrected chi connectivity index (χ2v) is 24.1. The Labute approximate surface area is 365 Å². The molecule has 2 aliphatic heterocycles. The van der Waals surface area contributed by atoms with Gasteiger partial charge in [-0.1, -0.05) is 112 Å². The molecular weight excluding hydrogens is 744 g/mol. The molecule has 0 fully saturated rings. The average Bonchev–Trinajstić information content (AvgIpc) is 3.53. The van der Waals surface area contributed by atoms with Gasteiger partial charge in [0.1, 0.15) is 0 Å². The van der Waals surface area contributed by atoms with Crippen LogP contribution in [0.15, 0.2) is 72.8 Å². The predicted octanol–water partition coefficient (Wildman–Crippen LogP) is 14.2. The summed E-state index contributed by atoms with van der Waals surface area (Å²) in [5, 5.41) is 1.37. The molecule has 3 heterocycles. The Morgan fingerprint density at radius 3 is 1.68 bits per heavy atom. The number of benzene rings is 5. The van der Waals surface area contributed by atoms with Gasteiger partial charge in [0.2, 0.25) is 0 Å². The monoisotopic (exact) mass is 808 g/mol. The van der Waals surface area contributed by atoms with E-state index in [9.17, 15) is 0 Å². The number of aryl methyl sites for hydroxylation is 4. The minimum atomic E-state index is 0.0608. The van der Waals surface area contributed by atoms with Gasteiger partial charge in [-0.05, 0) is 178 Å². The van der Waals surface area contributed by atoms with Crippen LogP contribution in [0.3, 0.4) is 0 Å². The molecule has 0 N–H and O–H groups in total. The standard InChI is InChI=1S/C56H65BN2S/c1-32-16-19-47-38(24-32)50-51(60-47)57-43-30-41-42(56(14,15)23-22-55(41,12)13)31-44(43)58(37-17-18-39-40(29-37)54(10,11)21-20-53(39,8)9)45-25-33(2)26-46(48(45)57)59(50)49-34(3)27-36(28-35(49)4)52(5,6)7/h16-19,24-31H,20-23H2,1-15H3. The first-order chi connectivity index (χ1) is 28.0. The number of anilines is 6. The minimum absolute atomic E-state index is 0.0608. The fourth-order valence-electron chi connectivity index (χ4n) is 11.8. The molecule has 60 heavy (non-hydrogen) atoms. The highest BCUT2D eigenvalue weighted by molar-refractivity contribution is 7.33. The maximum atomic E-state index is 2.71. The summed E-state index contributed by atoms with van der Waals surface area (Å²) in [7, 11) is 0. The second kappa shape index (κ2) is 12.7. The molecule has 0 saturated heterocycles. The van der Waals surface area contributed by atoms with Gasteiger partial charge in [-0.3, -0.25) is 0 Å². The number of hydrogen-bond donors (Lipinski definition) is 0. The van der Waals surface area contributed by atoms with Crippen LogP contribution in [-0.2, 0) is 27.1 Å². The lowest BCUT2D eigenvalue weighted by atomic mass is 9.35. The first kappa shape index (κ1) is 39.8. The quantitative estimate of drug-likeness (QED) is 0.161. The highest BCUT2D eigenvalue weighted by Crippen LogP contribution is 2.54. The summed E-state index contributed by atoms with van der Waals surface area (Å²) in [6.45, 7) is 36.2. The van der Waals surface area contributed by atoms with Crippen molar-refractivity contribution in [2.75, 3.05) is 9.80 Å². The zero-order valence-corrected chi connectivity index (χ0v) is 40.0. The number of fused-ring (bicyclic) bond motifs is 8. The van der Waals surface area contributed by atoms with Gasteiger partial charge in [0.05, 0.1) is 11.4 Å². The van der Waals surface area contributed by atoms with E-state index in [4.69, 9.17) is 0 Å². The van der Waals surface area contributed by atoms with Crippen molar-refractivity contribution in [2.45, 2.75) is 157 Å². The molecule has 308 valence electrons. The molecule has 1 aromatic heterocycles. The van der Waals surface area contributed by atoms with Crippen LogP contribution in [0.4, 0.5) is 34.1 Å². The number of thiophene rings is 1. The van der Waals surface area contributed by atoms with Gasteiger partial charge < -0.3 is 9.80 Å². The highest BCUT2D eigenvalue weighted by Gasteiger charge is 2.48. The summed E-state index contributed by atoms with van der Waals surface area (Å²) in [5.74, 6) is 0. The zero-order valence-electron chi connectivity index (χ0n) is 39.1. The highest BCUT2D eigenvalue weighted by atomic mass is 32.1. The molecule has 0 saturated carbocycles. The van der Waals surface area contributed by atoms with Gasteiger partial charge in [-0.25, -0.2) is 0 Å². The molecule has 10 rings (SSSR count). The van der Waals surface area contributed by atoms with Crippen molar-refractivity contribution < 1.29 is 0 Å². The van der Waals surface area contributed by atoms with Crippen molar-refractivity contribution >= 4 is 78.0 Å². The smallest absolute Gasteiger partial charge is 0.264 e. The third-order valence-electron chi connectivity index (χ3n) is 15.6. The molecule has 2 nitrogen and oxygen atoms in total. The molecule has 4 aliphatic rings. The summed E-state index contributed by atoms with van der Waals surface area (Å²) in [6.07, 6.45) is 4.80. The van der Waals surface area contributed by atoms with E-state index >= 15 is 0 Å². The second-order valence-electron chi connectivity index (χ2n) is 23.1. The average molecular weight is 809 g/mol. The Hall–Kier alpha value is -4.28. The first-order valence-electron chi connectivity index (χ1n) is 22.7. The van der Waals surface area contributed by atoms with Crippen LogP contribution in [-0.4, -0.2) is 6.71 Å². The zero-order chi connectivity index (χ0) is 42.8. The van der Waals surface area contributed by atoms with Gasteiger partial charge in [-0.2, -0.15) is 0 Å². The number of rotatable bonds is 2. The summed E-state index contributed by atoms with van der Waals surface area (Å²) in [5.41, 5.74) is 24.1. The summed E-state index contributed by atoms with van der Waals surface area (Å²) in [6, 6.07) is 30.0. The molecule has 5 aromatic carbocycles. The van der Waals surface area contributed by atoms with Crippen molar-refractivity contribution in [1.82, 2.24) is 0 Å². The fourth-order valence-corrected chi connectivity index (χ4v) is 13.1. The lowest BCUT2D eigenvalue weighted by Crippen LogP contribution is -2.61. The number of nitrogens with zero attached hydrogens (tertiary/aromatic N) is 2. The van der Waals surface area contributed by atoms with E-state index in [0.29, 0.717) is 0 Å². The van der Waals surface area contributed by atoms with Crippen LogP contribution in [0.2, 0.25) is 0 Å². The predicted molar refractivity (Wildman–Crippen MR) is 264 cm³/mol. The molecular formula is C56H65BN2S. The Bertz CT molecular complexity index is 2800. The van der Waals surface area contributed by atoms with E-state index < -0.39 is 0 Å². The first-order valence-corrected chi connectivity index (χ1v) is 23.5. The van der Waals surface area contributed by atoms with Crippen LogP contribution >= 0.6 is 11.3 Å². The van der Waals surface area contributed by atoms with Crippen molar-refractivity contribution in [2.24, 2.45) is 0 Å². The van der Waals surface area contributed by atoms with Crippen LogP contribution in [0.5, 0.6) is 0 Å². The Balaban J connectivity index is 1.35. The maximum Gasteiger partial charge on any atom is 0.264 e. The van der Waals surface area contributed by atoms with E-state index in [1.807, 2.05) is 11.3 Å². The van der Waals surface area contributed by atoms with Gasteiger partial charge in [-0.15, -0.1) is 11.3 Å². The van der Waals surface area contributed by atoms with Gasteiger partial charge in [0.25, 0.3) is 6.71 Å². The molecule has 6 aromatic rings. The van der Waals surface area contributed by atoms with Crippen molar-refractivity contribution in [3.05, 3.63) is 123 Å². The third-order valence-corrected chi connectivity index (χ3v) is 16.8. The van der Waals surface area contributed by atoms with Gasteiger partial charge >= 0.3 is 0 Å². The largest absolute Gasteiger partial charge is 0.311 e. The molecule has 0 unspecified atom stereocenters. The van der Waals surface area contributed by atoms with E-state index in [1.165, 1.54) is 136 Å². The van der Waals surface area contributed by atoms with E-state index in [0.717, 1.165) is 0 Å². The van der Waals surface area contributed by atoms with Crippen molar-refractivity contribution in [3.63, 3.8) is 0 Å². The Morgan fingerprint density at radius 1 is 0.533 bits per heavy atom. The van der Waals surface area contributed by atoms with E-state index in [-0.39, 0.29) is 33.8 Å². The van der Waals surface area contributed by atoms with Crippen LogP contribution in [0.25, 0.3) is 10.1 Å². The third kappa shape index (κ3) is 5.71. The van der Waals surface area contributed by atoms with Crippen LogP contribution in [0.1, 0.15) is 152 Å². The molecule has 4 heteroatoms. The molecule has 0 radical (unpaired) electrons. The fraction of sp³-hybridized carbons (Fsp3) is 0.429. The molecule has 0 atom stereocenters. The normalized spacial score (nSPS) is 19.1. The van der Waals surface area contributed by atoms with Crippen LogP contribution < -0.4 is 25.5 Å². The maximum absolute atomic E-state index is 2.71. The Kier molecular flexibility index (Phi) is 8.40. The topological polar surface area (TPSA) is 6.48 Å². The molecule has 0 spiro atoms. The van der Waals surface area contributed by atoms with E-state index in [2.05, 4.69) is 186 Å². The van der Waals surface area contributed by atoms with Crippen LogP contribution in [0, 0.1) is 27.7 Å². The summed E-state index contributed by atoms with van der Waals surface area (Å²) >= 11 is 2.02. The summed E-state index contributed by atoms with van der Waals surface area (Å²) < 4.78 is 2.83. The van der Waals surface area contributed by atoms with Gasteiger partial charge in [0, 0.05) is 37.6 Å². The number of hydrogen-bond acceptors (Lipinski definition) is 3. The molecule has 2 aliphatic carbocycles. The molecule has 0 bridgehead atoms. The van der Waals surface area contributed by atoms with E-state index in [1.54, 1.807) is 0 Å². The SMILES string of the molecule is Cc1cc2c3c(c1)N(c1c(C)cc(C(C)(C)C)cc1C)c1c(sc4ccc(C)cc14)B3c1cc3c(cc1N2c1ccc2c(c1)C(C)(C)CCC2(C)C)C(C)(C)CCC3(C)C. The summed E-state index contributed by atoms with van der Waals surface area (Å²) in [4.78, 5) is 5.41. The van der Waals surface area contributed by atoms with Gasteiger partial charge in [0.15, 0.2) is 0 Å². The Morgan fingerprint density at radius 2 is 1.08 bits per heavy atom. The lowest BCUT2D eigenvalue weighted by Gasteiger charge is -2.47. The van der Waals surface area contributed by atoms with Crippen molar-refractivity contribution in [1.29, 1.82) is 0 Å². The van der Waals surface area contributed by atoms with Crippen molar-refractivity contribution in [3.8, 4) is 0 Å². The minimum Gasteiger partial charge on any atom is -0.311 e. The lowest BCUT2D eigenvalue weighted by molar-refractivity contribution is 0.332.